The van der Waals surface area contributed by atoms with Gasteiger partial charge in [0.2, 0.25) is 0 Å². The molecule has 2 nitrogen and oxygen atoms in total. The molecule has 12 rings (SSSR count). The quantitative estimate of drug-likeness (QED) is 0.125. The van der Waals surface area contributed by atoms with Crippen LogP contribution in [0, 0.1) is 0 Å². The van der Waals surface area contributed by atoms with Crippen LogP contribution in [0.2, 0.25) is 0 Å². The van der Waals surface area contributed by atoms with Gasteiger partial charge in [0.05, 0.1) is 11.4 Å². The number of benzene rings is 12. The molecule has 0 radical (unpaired) electrons. The average molecular weight is 711 g/mol. The van der Waals surface area contributed by atoms with Crippen LogP contribution in [0.5, 0.6) is 0 Å². The van der Waals surface area contributed by atoms with E-state index < -0.39 is 0 Å². The second-order valence-corrected chi connectivity index (χ2v) is 14.8. The van der Waals surface area contributed by atoms with E-state index in [1.165, 1.54) is 86.8 Å². The molecule has 0 aromatic heterocycles. The van der Waals surface area contributed by atoms with Crippen LogP contribution in [-0.2, 0) is 0 Å². The lowest BCUT2D eigenvalue weighted by atomic mass is 9.83. The Balaban J connectivity index is 1.14. The first kappa shape index (κ1) is 31.0. The summed E-state index contributed by atoms with van der Waals surface area (Å²) in [5, 5.41) is 18.2. The van der Waals surface area contributed by atoms with Crippen molar-refractivity contribution in [3.05, 3.63) is 206 Å². The second-order valence-electron chi connectivity index (χ2n) is 14.8. The highest BCUT2D eigenvalue weighted by atomic mass is 15.1. The van der Waals surface area contributed by atoms with Gasteiger partial charge in [0.25, 0.3) is 0 Å². The molecule has 0 N–H and O–H groups in total. The van der Waals surface area contributed by atoms with Gasteiger partial charge in [-0.1, -0.05) is 146 Å². The van der Waals surface area contributed by atoms with Crippen LogP contribution < -0.4 is 9.80 Å². The van der Waals surface area contributed by atoms with Gasteiger partial charge in [0.1, 0.15) is 0 Å². The fourth-order valence-corrected chi connectivity index (χ4v) is 9.63. The fourth-order valence-electron chi connectivity index (χ4n) is 9.63. The molecule has 2 heteroatoms. The summed E-state index contributed by atoms with van der Waals surface area (Å²) in [6, 6.07) is 75.5. The van der Waals surface area contributed by atoms with Gasteiger partial charge in [-0.05, 0) is 125 Å². The molecular weight excluding hydrogens is 677 g/mol. The molecule has 0 unspecified atom stereocenters. The van der Waals surface area contributed by atoms with Gasteiger partial charge in [0, 0.05) is 33.5 Å². The standard InChI is InChI=1S/C54H34N2/c1-5-15-35(16-6-1)55(36-17-7-2-8-18-36)49-33-31-41-45-29-28-44-40-24-14-26-48-50(56(37-19-9-3-10-20-37)38-21-11-4-12-22-38)34-32-42(52(40)48)46-30-27-43(53(45)54(44)46)39-23-13-25-47(49)51(39)41/h1-34H. The molecule has 0 fully saturated rings. The Morgan fingerprint density at radius 1 is 0.179 bits per heavy atom. The van der Waals surface area contributed by atoms with Gasteiger partial charge in [0.15, 0.2) is 0 Å². The molecule has 0 saturated heterocycles. The van der Waals surface area contributed by atoms with Crippen molar-refractivity contribution in [1.82, 2.24) is 0 Å². The van der Waals surface area contributed by atoms with Gasteiger partial charge in [-0.3, -0.25) is 0 Å². The van der Waals surface area contributed by atoms with Crippen molar-refractivity contribution in [3.8, 4) is 0 Å². The molecule has 0 aliphatic rings. The van der Waals surface area contributed by atoms with Crippen molar-refractivity contribution in [1.29, 1.82) is 0 Å². The van der Waals surface area contributed by atoms with Crippen LogP contribution >= 0.6 is 0 Å². The molecule has 260 valence electrons. The normalized spacial score (nSPS) is 11.9. The van der Waals surface area contributed by atoms with E-state index >= 15 is 0 Å². The molecule has 0 aliphatic carbocycles. The zero-order valence-corrected chi connectivity index (χ0v) is 30.5. The summed E-state index contributed by atoms with van der Waals surface area (Å²) in [5.74, 6) is 0. The molecule has 0 amide bonds. The monoisotopic (exact) mass is 710 g/mol. The number of hydrogen-bond donors (Lipinski definition) is 0. The smallest absolute Gasteiger partial charge is 0.0540 e. The number of nitrogens with zero attached hydrogens (tertiary/aromatic N) is 2. The van der Waals surface area contributed by atoms with Crippen LogP contribution in [0.1, 0.15) is 0 Å². The van der Waals surface area contributed by atoms with E-state index in [9.17, 15) is 0 Å². The van der Waals surface area contributed by atoms with E-state index in [4.69, 9.17) is 0 Å². The topological polar surface area (TPSA) is 6.48 Å². The van der Waals surface area contributed by atoms with Crippen molar-refractivity contribution in [2.75, 3.05) is 9.80 Å². The van der Waals surface area contributed by atoms with Gasteiger partial charge >= 0.3 is 0 Å². The molecule has 56 heavy (non-hydrogen) atoms. The van der Waals surface area contributed by atoms with Gasteiger partial charge in [-0.15, -0.1) is 0 Å². The Bertz CT molecular complexity index is 3020. The maximum absolute atomic E-state index is 2.39. The largest absolute Gasteiger partial charge is 0.310 e. The van der Waals surface area contributed by atoms with E-state index in [0.29, 0.717) is 0 Å². The first-order chi connectivity index (χ1) is 27.8. The van der Waals surface area contributed by atoms with Gasteiger partial charge < -0.3 is 9.80 Å². The number of rotatable bonds is 6. The molecule has 0 atom stereocenters. The first-order valence-corrected chi connectivity index (χ1v) is 19.4. The summed E-state index contributed by atoms with van der Waals surface area (Å²) in [5.41, 5.74) is 6.91. The van der Waals surface area contributed by atoms with Crippen LogP contribution in [-0.4, -0.2) is 0 Å². The molecule has 0 aliphatic heterocycles. The Hall–Kier alpha value is -7.42. The van der Waals surface area contributed by atoms with Crippen molar-refractivity contribution in [2.45, 2.75) is 0 Å². The fraction of sp³-hybridized carbons (Fsp3) is 0. The zero-order chi connectivity index (χ0) is 36.7. The van der Waals surface area contributed by atoms with Crippen LogP contribution in [0.3, 0.4) is 0 Å². The maximum atomic E-state index is 2.39. The van der Waals surface area contributed by atoms with Crippen LogP contribution in [0.15, 0.2) is 206 Å². The Kier molecular flexibility index (Phi) is 6.66. The predicted molar refractivity (Wildman–Crippen MR) is 241 cm³/mol. The predicted octanol–water partition coefficient (Wildman–Crippen LogP) is 15.6. The number of fused-ring (bicyclic) bond motifs is 4. The lowest BCUT2D eigenvalue weighted by Crippen LogP contribution is -2.10. The van der Waals surface area contributed by atoms with Crippen molar-refractivity contribution in [3.63, 3.8) is 0 Å². The van der Waals surface area contributed by atoms with Crippen molar-refractivity contribution in [2.24, 2.45) is 0 Å². The number of para-hydroxylation sites is 4. The van der Waals surface area contributed by atoms with Crippen LogP contribution in [0.4, 0.5) is 34.1 Å². The first-order valence-electron chi connectivity index (χ1n) is 19.4. The summed E-state index contributed by atoms with van der Waals surface area (Å²) in [4.78, 5) is 4.78. The van der Waals surface area contributed by atoms with E-state index in [0.717, 1.165) is 22.7 Å². The average Bonchev–Trinajstić information content (AvgIpc) is 3.27. The Morgan fingerprint density at radius 2 is 0.429 bits per heavy atom. The third-order valence-electron chi connectivity index (χ3n) is 11.9. The minimum absolute atomic E-state index is 1.14. The Labute approximate surface area is 324 Å². The molecule has 0 heterocycles. The highest BCUT2D eigenvalue weighted by molar-refractivity contribution is 6.43. The lowest BCUT2D eigenvalue weighted by molar-refractivity contribution is 1.30. The number of anilines is 6. The minimum Gasteiger partial charge on any atom is -0.310 e. The molecular formula is C54H34N2. The molecule has 0 saturated carbocycles. The molecule has 0 bridgehead atoms. The second kappa shape index (κ2) is 12.0. The maximum Gasteiger partial charge on any atom is 0.0540 e. The van der Waals surface area contributed by atoms with E-state index in [2.05, 4.69) is 216 Å². The minimum atomic E-state index is 1.14. The lowest BCUT2D eigenvalue weighted by Gasteiger charge is -2.28. The van der Waals surface area contributed by atoms with E-state index in [1.807, 2.05) is 0 Å². The summed E-state index contributed by atoms with van der Waals surface area (Å²) in [6.45, 7) is 0. The third kappa shape index (κ3) is 4.38. The number of hydrogen-bond acceptors (Lipinski definition) is 2. The Morgan fingerprint density at radius 3 is 0.750 bits per heavy atom. The van der Waals surface area contributed by atoms with Crippen molar-refractivity contribution < 1.29 is 0 Å². The molecule has 12 aromatic carbocycles. The van der Waals surface area contributed by atoms with E-state index in [-0.39, 0.29) is 0 Å². The zero-order valence-electron chi connectivity index (χ0n) is 30.5. The molecule has 0 spiro atoms. The highest BCUT2D eigenvalue weighted by Gasteiger charge is 2.23. The van der Waals surface area contributed by atoms with Gasteiger partial charge in [-0.2, -0.15) is 0 Å². The summed E-state index contributed by atoms with van der Waals surface area (Å²) < 4.78 is 0. The summed E-state index contributed by atoms with van der Waals surface area (Å²) in [6.07, 6.45) is 0. The molecule has 12 aromatic rings. The highest BCUT2D eigenvalue weighted by Crippen LogP contribution is 2.51. The summed E-state index contributed by atoms with van der Waals surface area (Å²) in [7, 11) is 0. The third-order valence-corrected chi connectivity index (χ3v) is 11.9. The SMILES string of the molecule is c1ccc(N(c2ccccc2)c2ccc3c4ccc5c6cccc7c(N(c8ccccc8)c8ccccc8)ccc(c8ccc(c9cccc2c93)c4c58)c76)cc1. The van der Waals surface area contributed by atoms with E-state index in [1.54, 1.807) is 0 Å². The van der Waals surface area contributed by atoms with Crippen molar-refractivity contribution >= 4 is 110 Å². The summed E-state index contributed by atoms with van der Waals surface area (Å²) >= 11 is 0. The van der Waals surface area contributed by atoms with Crippen LogP contribution in [0.25, 0.3) is 75.4 Å². The van der Waals surface area contributed by atoms with Gasteiger partial charge in [-0.25, -0.2) is 0 Å².